The van der Waals surface area contributed by atoms with Crippen molar-refractivity contribution in [2.75, 3.05) is 6.54 Å². The molecule has 0 saturated carbocycles. The minimum atomic E-state index is -1.64. The van der Waals surface area contributed by atoms with Gasteiger partial charge in [0.15, 0.2) is 0 Å². The van der Waals surface area contributed by atoms with E-state index in [1.807, 2.05) is 5.32 Å². The molecule has 0 aliphatic rings. The number of hydrogen-bond acceptors (Lipinski definition) is 7. The van der Waals surface area contributed by atoms with E-state index in [-0.39, 0.29) is 6.42 Å². The van der Waals surface area contributed by atoms with Crippen LogP contribution in [0.4, 0.5) is 0 Å². The van der Waals surface area contributed by atoms with Gasteiger partial charge in [-0.25, -0.2) is 4.79 Å². The first-order chi connectivity index (χ1) is 12.4. The zero-order chi connectivity index (χ0) is 21.1. The lowest BCUT2D eigenvalue weighted by Crippen LogP contribution is -2.54. The van der Waals surface area contributed by atoms with E-state index in [2.05, 4.69) is 10.6 Å². The quantitative estimate of drug-likeness (QED) is 0.173. The number of carboxylic acid groups (broad SMARTS) is 2. The number of amides is 4. The number of nitrogens with two attached hydrogens (primary N) is 2. The van der Waals surface area contributed by atoms with Gasteiger partial charge in [0.25, 0.3) is 0 Å². The van der Waals surface area contributed by atoms with E-state index >= 15 is 0 Å². The summed E-state index contributed by atoms with van der Waals surface area (Å²) in [5.74, 6) is -6.22. The molecule has 13 nitrogen and oxygen atoms in total. The maximum absolute atomic E-state index is 12.2. The Morgan fingerprint density at radius 3 is 2.00 bits per heavy atom. The van der Waals surface area contributed by atoms with Crippen LogP contribution in [0.5, 0.6) is 0 Å². The summed E-state index contributed by atoms with van der Waals surface area (Å²) >= 11 is 0. The predicted octanol–water partition coefficient (Wildman–Crippen LogP) is -3.76. The van der Waals surface area contributed by atoms with Crippen LogP contribution in [0.2, 0.25) is 0 Å². The average molecular weight is 389 g/mol. The van der Waals surface area contributed by atoms with Gasteiger partial charge in [-0.3, -0.25) is 24.0 Å². The highest BCUT2D eigenvalue weighted by Gasteiger charge is 2.28. The molecule has 0 aromatic heterocycles. The number of carbonyl (C=O) groups excluding carboxylic acids is 4. The molecular weight excluding hydrogens is 366 g/mol. The largest absolute Gasteiger partial charge is 0.481 e. The monoisotopic (exact) mass is 389 g/mol. The third kappa shape index (κ3) is 10.4. The Morgan fingerprint density at radius 1 is 0.963 bits per heavy atom. The number of carbonyl (C=O) groups is 6. The highest BCUT2D eigenvalue weighted by molar-refractivity contribution is 5.93. The van der Waals surface area contributed by atoms with Gasteiger partial charge >= 0.3 is 11.9 Å². The molecule has 0 fully saturated rings. The fraction of sp³-hybridized carbons (Fsp3) is 0.571. The zero-order valence-corrected chi connectivity index (χ0v) is 14.6. The van der Waals surface area contributed by atoms with E-state index in [0.717, 1.165) is 0 Å². The van der Waals surface area contributed by atoms with Gasteiger partial charge in [0, 0.05) is 6.42 Å². The van der Waals surface area contributed by atoms with Crippen LogP contribution in [-0.4, -0.2) is 70.5 Å². The van der Waals surface area contributed by atoms with Gasteiger partial charge in [0.1, 0.15) is 12.1 Å². The van der Waals surface area contributed by atoms with Crippen LogP contribution >= 0.6 is 0 Å². The molecular formula is C14H23N5O8. The molecule has 0 aliphatic heterocycles. The molecule has 0 spiro atoms. The topological polar surface area (TPSA) is 231 Å². The highest BCUT2D eigenvalue weighted by Crippen LogP contribution is 2.01. The van der Waals surface area contributed by atoms with Crippen molar-refractivity contribution in [2.24, 2.45) is 11.5 Å². The Kier molecular flexibility index (Phi) is 10.0. The maximum Gasteiger partial charge on any atom is 0.326 e. The Bertz CT molecular complexity index is 606. The van der Waals surface area contributed by atoms with E-state index in [9.17, 15) is 28.8 Å². The van der Waals surface area contributed by atoms with Gasteiger partial charge < -0.3 is 37.6 Å². The second-order valence-electron chi connectivity index (χ2n) is 5.63. The van der Waals surface area contributed by atoms with Crippen molar-refractivity contribution in [3.63, 3.8) is 0 Å². The molecule has 27 heavy (non-hydrogen) atoms. The number of carboxylic acids is 2. The number of rotatable bonds is 12. The molecule has 9 N–H and O–H groups in total. The lowest BCUT2D eigenvalue weighted by molar-refractivity contribution is -0.144. The van der Waals surface area contributed by atoms with Gasteiger partial charge in [0.2, 0.25) is 23.6 Å². The van der Waals surface area contributed by atoms with Gasteiger partial charge in [-0.2, -0.15) is 0 Å². The summed E-state index contributed by atoms with van der Waals surface area (Å²) in [5.41, 5.74) is 10.2. The Morgan fingerprint density at radius 2 is 1.56 bits per heavy atom. The van der Waals surface area contributed by atoms with Gasteiger partial charge in [0.05, 0.1) is 19.0 Å². The van der Waals surface area contributed by atoms with E-state index in [1.165, 1.54) is 6.92 Å². The first-order valence-corrected chi connectivity index (χ1v) is 7.80. The van der Waals surface area contributed by atoms with Gasteiger partial charge in [-0.05, 0) is 13.3 Å². The van der Waals surface area contributed by atoms with Crippen molar-refractivity contribution < 1.29 is 39.0 Å². The molecule has 0 aromatic carbocycles. The molecule has 0 radical (unpaired) electrons. The summed E-state index contributed by atoms with van der Waals surface area (Å²) in [6, 6.07) is -3.92. The summed E-state index contributed by atoms with van der Waals surface area (Å²) in [4.78, 5) is 68.0. The maximum atomic E-state index is 12.2. The van der Waals surface area contributed by atoms with Crippen molar-refractivity contribution in [1.82, 2.24) is 16.0 Å². The Labute approximate surface area is 153 Å². The Balaban J connectivity index is 4.99. The normalized spacial score (nSPS) is 13.6. The third-order valence-corrected chi connectivity index (χ3v) is 3.16. The molecule has 0 aromatic rings. The second kappa shape index (κ2) is 11.4. The molecule has 0 bridgehead atoms. The number of aliphatic carboxylic acids is 2. The van der Waals surface area contributed by atoms with E-state index in [4.69, 9.17) is 21.7 Å². The van der Waals surface area contributed by atoms with E-state index in [1.54, 1.807) is 0 Å². The van der Waals surface area contributed by atoms with Crippen molar-refractivity contribution in [2.45, 2.75) is 44.3 Å². The van der Waals surface area contributed by atoms with E-state index < -0.39 is 73.1 Å². The molecule has 13 heteroatoms. The van der Waals surface area contributed by atoms with Crippen LogP contribution < -0.4 is 27.4 Å². The fourth-order valence-electron chi connectivity index (χ4n) is 1.78. The third-order valence-electron chi connectivity index (χ3n) is 3.16. The lowest BCUT2D eigenvalue weighted by Gasteiger charge is -2.20. The summed E-state index contributed by atoms with van der Waals surface area (Å²) in [7, 11) is 0. The van der Waals surface area contributed by atoms with Crippen molar-refractivity contribution in [1.29, 1.82) is 0 Å². The minimum Gasteiger partial charge on any atom is -0.481 e. The van der Waals surface area contributed by atoms with Crippen LogP contribution in [0.15, 0.2) is 0 Å². The zero-order valence-electron chi connectivity index (χ0n) is 14.6. The van der Waals surface area contributed by atoms with Crippen LogP contribution in [0, 0.1) is 0 Å². The molecule has 3 atom stereocenters. The summed E-state index contributed by atoms with van der Waals surface area (Å²) in [6.07, 6.45) is -1.54. The molecule has 152 valence electrons. The first-order valence-electron chi connectivity index (χ1n) is 7.80. The fourth-order valence-corrected chi connectivity index (χ4v) is 1.78. The molecule has 0 heterocycles. The van der Waals surface area contributed by atoms with E-state index in [0.29, 0.717) is 0 Å². The predicted molar refractivity (Wildman–Crippen MR) is 88.8 cm³/mol. The van der Waals surface area contributed by atoms with Gasteiger partial charge in [-0.15, -0.1) is 0 Å². The number of nitrogens with one attached hydrogen (secondary N) is 3. The molecule has 0 rings (SSSR count). The smallest absolute Gasteiger partial charge is 0.326 e. The molecule has 0 aliphatic carbocycles. The summed E-state index contributed by atoms with van der Waals surface area (Å²) in [5, 5.41) is 24.1. The number of hydrogen-bond donors (Lipinski definition) is 7. The standard InChI is InChI=1S/C14H23N5O8/c1-6(15)12(24)17-5-10(21)18-7(2-3-11(22)23)13(25)19-8(14(26)27)4-9(16)20/h6-8H,2-5,15H2,1H3,(H2,16,20)(H,17,24)(H,18,21)(H,19,25)(H,22,23)(H,26,27). The summed E-state index contributed by atoms with van der Waals surface area (Å²) in [6.45, 7) is 0.863. The lowest BCUT2D eigenvalue weighted by atomic mass is 10.1. The first kappa shape index (κ1) is 23.8. The molecule has 3 unspecified atom stereocenters. The molecule has 4 amide bonds. The molecule has 0 saturated heterocycles. The van der Waals surface area contributed by atoms with Crippen molar-refractivity contribution >= 4 is 35.6 Å². The summed E-state index contributed by atoms with van der Waals surface area (Å²) < 4.78 is 0. The van der Waals surface area contributed by atoms with Crippen LogP contribution in [-0.2, 0) is 28.8 Å². The Hall–Kier alpha value is -3.22. The second-order valence-corrected chi connectivity index (χ2v) is 5.63. The van der Waals surface area contributed by atoms with Crippen LogP contribution in [0.1, 0.15) is 26.2 Å². The van der Waals surface area contributed by atoms with Crippen LogP contribution in [0.25, 0.3) is 0 Å². The average Bonchev–Trinajstić information content (AvgIpc) is 2.54. The number of primary amides is 1. The SMILES string of the molecule is CC(N)C(=O)NCC(=O)NC(CCC(=O)O)C(=O)NC(CC(N)=O)C(=O)O. The van der Waals surface area contributed by atoms with Crippen LogP contribution in [0.3, 0.4) is 0 Å². The van der Waals surface area contributed by atoms with Gasteiger partial charge in [-0.1, -0.05) is 0 Å². The highest BCUT2D eigenvalue weighted by atomic mass is 16.4. The van der Waals surface area contributed by atoms with Crippen molar-refractivity contribution in [3.05, 3.63) is 0 Å². The van der Waals surface area contributed by atoms with Crippen molar-refractivity contribution in [3.8, 4) is 0 Å². The minimum absolute atomic E-state index is 0.350.